The molecule has 1 amide bonds. The molecule has 1 aliphatic heterocycles. The number of carbonyl (C=O) groups excluding carboxylic acids is 1. The molecule has 2 heterocycles. The topological polar surface area (TPSA) is 50.2 Å². The van der Waals surface area contributed by atoms with Crippen molar-refractivity contribution in [1.29, 1.82) is 0 Å². The van der Waals surface area contributed by atoms with E-state index in [9.17, 15) is 4.79 Å². The minimum absolute atomic E-state index is 0.133. The van der Waals surface area contributed by atoms with Crippen LogP contribution in [0.15, 0.2) is 24.3 Å². The second kappa shape index (κ2) is 6.60. The van der Waals surface area contributed by atoms with Crippen LogP contribution in [0.4, 0.5) is 5.95 Å². The van der Waals surface area contributed by atoms with Gasteiger partial charge in [0.2, 0.25) is 11.9 Å². The van der Waals surface area contributed by atoms with Crippen molar-refractivity contribution in [1.82, 2.24) is 14.9 Å². The zero-order valence-electron chi connectivity index (χ0n) is 16.2. The van der Waals surface area contributed by atoms with Gasteiger partial charge >= 0.3 is 0 Å². The Morgan fingerprint density at radius 1 is 1.15 bits per heavy atom. The molecule has 5 nitrogen and oxygen atoms in total. The second-order valence-electron chi connectivity index (χ2n) is 8.86. The summed E-state index contributed by atoms with van der Waals surface area (Å²) >= 11 is 0. The van der Waals surface area contributed by atoms with E-state index in [1.807, 2.05) is 20.8 Å². The maximum Gasteiger partial charge on any atom is 0.225 e. The molecule has 1 aromatic carbocycles. The second-order valence-corrected chi connectivity index (χ2v) is 8.86. The van der Waals surface area contributed by atoms with Crippen LogP contribution in [0.5, 0.6) is 0 Å². The van der Waals surface area contributed by atoms with Gasteiger partial charge in [0.25, 0.3) is 0 Å². The normalized spacial score (nSPS) is 21.7. The van der Waals surface area contributed by atoms with Crippen molar-refractivity contribution >= 4 is 22.9 Å². The molecule has 4 rings (SSSR count). The molecule has 1 aliphatic carbocycles. The Morgan fingerprint density at radius 2 is 1.88 bits per heavy atom. The monoisotopic (exact) mass is 354 g/mol. The number of aromatic nitrogens is 2. The fraction of sp³-hybridized carbons (Fsp3) is 0.619. The molecular weight excluding hydrogens is 324 g/mol. The molecule has 26 heavy (non-hydrogen) atoms. The lowest BCUT2D eigenvalue weighted by molar-refractivity contribution is -0.129. The summed E-state index contributed by atoms with van der Waals surface area (Å²) in [5, 5.41) is 3.22. The third-order valence-electron chi connectivity index (χ3n) is 5.75. The van der Waals surface area contributed by atoms with Crippen molar-refractivity contribution in [2.75, 3.05) is 18.0 Å². The van der Waals surface area contributed by atoms with Crippen LogP contribution in [0.1, 0.15) is 58.9 Å². The number of nitrogens with zero attached hydrogens (tertiary/aromatic N) is 3. The van der Waals surface area contributed by atoms with E-state index >= 15 is 0 Å². The van der Waals surface area contributed by atoms with Crippen LogP contribution < -0.4 is 10.2 Å². The number of nitrogens with one attached hydrogen (secondary N) is 1. The smallest absolute Gasteiger partial charge is 0.225 e. The lowest BCUT2D eigenvalue weighted by Crippen LogP contribution is -2.43. The number of carbonyl (C=O) groups is 1. The number of para-hydroxylation sites is 2. The van der Waals surface area contributed by atoms with Crippen LogP contribution in [-0.4, -0.2) is 34.6 Å². The first-order valence-electron chi connectivity index (χ1n) is 9.96. The molecule has 2 aliphatic rings. The van der Waals surface area contributed by atoms with Gasteiger partial charge in [0.05, 0.1) is 11.0 Å². The Kier molecular flexibility index (Phi) is 4.41. The molecule has 1 atom stereocenters. The molecule has 1 aromatic heterocycles. The van der Waals surface area contributed by atoms with Crippen LogP contribution >= 0.6 is 0 Å². The standard InChI is InChI=1S/C21H30N4O/c1-21(2,3)19(26)22-15-12-13-24(14-15)20-23-17-10-6-7-11-18(17)25(20)16-8-4-5-9-16/h6-7,10-11,15-16H,4-5,8-9,12-14H2,1-3H3,(H,22,26). The van der Waals surface area contributed by atoms with E-state index in [2.05, 4.69) is 39.0 Å². The predicted octanol–water partition coefficient (Wildman–Crippen LogP) is 3.89. The van der Waals surface area contributed by atoms with Crippen molar-refractivity contribution in [3.63, 3.8) is 0 Å². The van der Waals surface area contributed by atoms with Gasteiger partial charge in [-0.15, -0.1) is 0 Å². The molecule has 0 spiro atoms. The summed E-state index contributed by atoms with van der Waals surface area (Å²) in [7, 11) is 0. The zero-order chi connectivity index (χ0) is 18.3. The third kappa shape index (κ3) is 3.19. The highest BCUT2D eigenvalue weighted by Gasteiger charge is 2.32. The van der Waals surface area contributed by atoms with E-state index < -0.39 is 0 Å². The number of benzene rings is 1. The summed E-state index contributed by atoms with van der Waals surface area (Å²) in [4.78, 5) is 19.7. The molecule has 1 saturated heterocycles. The van der Waals surface area contributed by atoms with Gasteiger partial charge in [-0.1, -0.05) is 45.7 Å². The van der Waals surface area contributed by atoms with Gasteiger partial charge in [-0.2, -0.15) is 0 Å². The Labute approximate surface area is 155 Å². The van der Waals surface area contributed by atoms with Gasteiger partial charge < -0.3 is 14.8 Å². The fourth-order valence-corrected chi connectivity index (χ4v) is 4.24. The maximum atomic E-state index is 12.3. The van der Waals surface area contributed by atoms with Crippen LogP contribution in [0.3, 0.4) is 0 Å². The lowest BCUT2D eigenvalue weighted by Gasteiger charge is -2.24. The highest BCUT2D eigenvalue weighted by atomic mass is 16.2. The number of rotatable bonds is 3. The summed E-state index contributed by atoms with van der Waals surface area (Å²) in [5.41, 5.74) is 1.98. The summed E-state index contributed by atoms with van der Waals surface area (Å²) < 4.78 is 2.47. The molecule has 140 valence electrons. The van der Waals surface area contributed by atoms with E-state index in [0.717, 1.165) is 31.0 Å². The van der Waals surface area contributed by atoms with E-state index in [4.69, 9.17) is 4.98 Å². The SMILES string of the molecule is CC(C)(C)C(=O)NC1CCN(c2nc3ccccc3n2C2CCCC2)C1. The van der Waals surface area contributed by atoms with Crippen molar-refractivity contribution < 1.29 is 4.79 Å². The van der Waals surface area contributed by atoms with E-state index in [-0.39, 0.29) is 17.4 Å². The van der Waals surface area contributed by atoms with Crippen LogP contribution in [0.2, 0.25) is 0 Å². The first-order valence-corrected chi connectivity index (χ1v) is 9.96. The van der Waals surface area contributed by atoms with Gasteiger partial charge in [-0.05, 0) is 31.4 Å². The molecule has 0 bridgehead atoms. The molecular formula is C21H30N4O. The summed E-state index contributed by atoms with van der Waals surface area (Å²) in [5.74, 6) is 1.22. The average Bonchev–Trinajstić information content (AvgIpc) is 3.32. The maximum absolute atomic E-state index is 12.3. The van der Waals surface area contributed by atoms with Crippen LogP contribution in [-0.2, 0) is 4.79 Å². The average molecular weight is 354 g/mol. The van der Waals surface area contributed by atoms with Gasteiger partial charge in [0.15, 0.2) is 0 Å². The van der Waals surface area contributed by atoms with Gasteiger partial charge in [0, 0.05) is 30.6 Å². The zero-order valence-corrected chi connectivity index (χ0v) is 16.2. The Bertz CT molecular complexity index is 798. The Hall–Kier alpha value is -2.04. The van der Waals surface area contributed by atoms with E-state index in [0.29, 0.717) is 6.04 Å². The van der Waals surface area contributed by atoms with Crippen molar-refractivity contribution in [2.45, 2.75) is 65.0 Å². The number of imidazole rings is 1. The number of anilines is 1. The van der Waals surface area contributed by atoms with Crippen molar-refractivity contribution in [3.8, 4) is 0 Å². The molecule has 1 saturated carbocycles. The number of amides is 1. The van der Waals surface area contributed by atoms with E-state index in [1.165, 1.54) is 31.2 Å². The quantitative estimate of drug-likeness (QED) is 0.910. The summed E-state index contributed by atoms with van der Waals surface area (Å²) in [6, 6.07) is 9.24. The van der Waals surface area contributed by atoms with Gasteiger partial charge in [-0.25, -0.2) is 4.98 Å². The van der Waals surface area contributed by atoms with E-state index in [1.54, 1.807) is 0 Å². The molecule has 2 fully saturated rings. The van der Waals surface area contributed by atoms with Gasteiger partial charge in [-0.3, -0.25) is 4.79 Å². The highest BCUT2D eigenvalue weighted by Crippen LogP contribution is 2.37. The number of hydrogen-bond donors (Lipinski definition) is 1. The Morgan fingerprint density at radius 3 is 2.62 bits per heavy atom. The van der Waals surface area contributed by atoms with Crippen molar-refractivity contribution in [2.24, 2.45) is 5.41 Å². The summed E-state index contributed by atoms with van der Waals surface area (Å²) in [6.45, 7) is 7.70. The first-order chi connectivity index (χ1) is 12.4. The Balaban J connectivity index is 1.59. The largest absolute Gasteiger partial charge is 0.351 e. The predicted molar refractivity (Wildman–Crippen MR) is 105 cm³/mol. The first kappa shape index (κ1) is 17.4. The molecule has 1 N–H and O–H groups in total. The van der Waals surface area contributed by atoms with Crippen molar-refractivity contribution in [3.05, 3.63) is 24.3 Å². The third-order valence-corrected chi connectivity index (χ3v) is 5.75. The van der Waals surface area contributed by atoms with Crippen LogP contribution in [0.25, 0.3) is 11.0 Å². The fourth-order valence-electron chi connectivity index (χ4n) is 4.24. The number of hydrogen-bond acceptors (Lipinski definition) is 3. The molecule has 0 radical (unpaired) electrons. The minimum atomic E-state index is -0.343. The lowest BCUT2D eigenvalue weighted by atomic mass is 9.95. The van der Waals surface area contributed by atoms with Gasteiger partial charge in [0.1, 0.15) is 0 Å². The molecule has 1 unspecified atom stereocenters. The number of fused-ring (bicyclic) bond motifs is 1. The minimum Gasteiger partial charge on any atom is -0.351 e. The highest BCUT2D eigenvalue weighted by molar-refractivity contribution is 5.82. The molecule has 5 heteroatoms. The molecule has 2 aromatic rings. The summed E-state index contributed by atoms with van der Waals surface area (Å²) in [6.07, 6.45) is 6.08. The van der Waals surface area contributed by atoms with Crippen LogP contribution in [0, 0.1) is 5.41 Å².